The van der Waals surface area contributed by atoms with E-state index in [2.05, 4.69) is 9.72 Å². The number of hydrogen-bond donors (Lipinski definition) is 0. The van der Waals surface area contributed by atoms with Crippen molar-refractivity contribution in [3.8, 4) is 5.75 Å². The Morgan fingerprint density at radius 3 is 2.71 bits per heavy atom. The van der Waals surface area contributed by atoms with Crippen molar-refractivity contribution in [2.24, 2.45) is 0 Å². The first-order valence-corrected chi connectivity index (χ1v) is 9.76. The molecule has 1 amide bonds. The third kappa shape index (κ3) is 4.13. The van der Waals surface area contributed by atoms with Crippen LogP contribution in [0.3, 0.4) is 0 Å². The molecular formula is C20H18F2N2O3S. The number of carbonyl (C=O) groups excluding carboxylic acids is 1. The number of hydrogen-bond acceptors (Lipinski definition) is 5. The number of rotatable bonds is 6. The molecule has 1 fully saturated rings. The summed E-state index contributed by atoms with van der Waals surface area (Å²) in [5.41, 5.74) is 1.20. The van der Waals surface area contributed by atoms with Crippen molar-refractivity contribution in [1.82, 2.24) is 4.98 Å². The lowest BCUT2D eigenvalue weighted by atomic mass is 10.1. The van der Waals surface area contributed by atoms with Crippen molar-refractivity contribution in [1.29, 1.82) is 0 Å². The topological polar surface area (TPSA) is 51.7 Å². The Morgan fingerprint density at radius 2 is 2.04 bits per heavy atom. The second-order valence-corrected chi connectivity index (χ2v) is 7.43. The summed E-state index contributed by atoms with van der Waals surface area (Å²) in [5, 5.41) is 0.592. The van der Waals surface area contributed by atoms with Crippen LogP contribution in [-0.4, -0.2) is 36.8 Å². The van der Waals surface area contributed by atoms with Crippen LogP contribution in [0.1, 0.15) is 23.2 Å². The Bertz CT molecular complexity index is 922. The third-order valence-electron chi connectivity index (χ3n) is 4.50. The van der Waals surface area contributed by atoms with E-state index in [0.717, 1.165) is 23.1 Å². The van der Waals surface area contributed by atoms with Gasteiger partial charge < -0.3 is 9.47 Å². The molecule has 0 spiro atoms. The molecule has 3 aromatic rings. The standard InChI is InChI=1S/C20H18F2N2O3S/c21-19(22)27-14-9-7-13(8-10-14)18(25)24(12-15-4-3-11-26-15)20-23-16-5-1-2-6-17(16)28-20/h1-2,5-10,15,19H,3-4,11-12H2/t15-/m0/s1. The zero-order valence-electron chi connectivity index (χ0n) is 14.9. The van der Waals surface area contributed by atoms with Crippen LogP contribution in [-0.2, 0) is 4.74 Å². The molecule has 0 bridgehead atoms. The van der Waals surface area contributed by atoms with Gasteiger partial charge in [-0.1, -0.05) is 23.5 Å². The zero-order valence-corrected chi connectivity index (χ0v) is 15.7. The van der Waals surface area contributed by atoms with Crippen molar-refractivity contribution in [3.05, 3.63) is 54.1 Å². The summed E-state index contributed by atoms with van der Waals surface area (Å²) >= 11 is 1.44. The van der Waals surface area contributed by atoms with Crippen LogP contribution in [0.25, 0.3) is 10.2 Å². The van der Waals surface area contributed by atoms with E-state index in [0.29, 0.717) is 23.8 Å². The second kappa shape index (κ2) is 8.20. The van der Waals surface area contributed by atoms with Gasteiger partial charge in [-0.05, 0) is 49.2 Å². The quantitative estimate of drug-likeness (QED) is 0.596. The van der Waals surface area contributed by atoms with Gasteiger partial charge in [-0.3, -0.25) is 9.69 Å². The first-order chi connectivity index (χ1) is 13.6. The lowest BCUT2D eigenvalue weighted by Crippen LogP contribution is -2.37. The van der Waals surface area contributed by atoms with Crippen LogP contribution in [0.4, 0.5) is 13.9 Å². The minimum absolute atomic E-state index is 0.0113. The van der Waals surface area contributed by atoms with Gasteiger partial charge in [-0.15, -0.1) is 0 Å². The molecule has 28 heavy (non-hydrogen) atoms. The minimum Gasteiger partial charge on any atom is -0.435 e. The second-order valence-electron chi connectivity index (χ2n) is 6.42. The normalized spacial score (nSPS) is 16.6. The Balaban J connectivity index is 1.62. The van der Waals surface area contributed by atoms with E-state index in [9.17, 15) is 13.6 Å². The highest BCUT2D eigenvalue weighted by atomic mass is 32.1. The number of alkyl halides is 2. The van der Waals surface area contributed by atoms with Crippen molar-refractivity contribution in [2.45, 2.75) is 25.6 Å². The maximum absolute atomic E-state index is 13.2. The summed E-state index contributed by atoms with van der Waals surface area (Å²) in [6.45, 7) is -1.82. The average molecular weight is 404 g/mol. The van der Waals surface area contributed by atoms with Crippen LogP contribution in [0.2, 0.25) is 0 Å². The molecule has 4 rings (SSSR count). The average Bonchev–Trinajstić information content (AvgIpc) is 3.35. The van der Waals surface area contributed by atoms with E-state index >= 15 is 0 Å². The van der Waals surface area contributed by atoms with Gasteiger partial charge >= 0.3 is 6.61 Å². The summed E-state index contributed by atoms with van der Waals surface area (Å²) < 4.78 is 35.7. The molecule has 1 saturated heterocycles. The summed E-state index contributed by atoms with van der Waals surface area (Å²) in [6, 6.07) is 13.4. The van der Waals surface area contributed by atoms with Gasteiger partial charge in [0.05, 0.1) is 22.9 Å². The fourth-order valence-corrected chi connectivity index (χ4v) is 4.12. The molecule has 146 valence electrons. The summed E-state index contributed by atoms with van der Waals surface area (Å²) in [7, 11) is 0. The largest absolute Gasteiger partial charge is 0.435 e. The lowest BCUT2D eigenvalue weighted by molar-refractivity contribution is -0.0498. The summed E-state index contributed by atoms with van der Waals surface area (Å²) in [4.78, 5) is 19.4. The van der Waals surface area contributed by atoms with Crippen LogP contribution in [0.15, 0.2) is 48.5 Å². The number of nitrogens with zero attached hydrogens (tertiary/aromatic N) is 2. The molecule has 1 aliphatic heterocycles. The Morgan fingerprint density at radius 1 is 1.25 bits per heavy atom. The number of halogens is 2. The van der Waals surface area contributed by atoms with Gasteiger partial charge in [0.2, 0.25) is 0 Å². The van der Waals surface area contributed by atoms with Gasteiger partial charge in [-0.25, -0.2) is 4.98 Å². The van der Waals surface area contributed by atoms with Crippen LogP contribution < -0.4 is 9.64 Å². The summed E-state index contributed by atoms with van der Waals surface area (Å²) in [5.74, 6) is -0.240. The van der Waals surface area contributed by atoms with Crippen LogP contribution >= 0.6 is 11.3 Å². The third-order valence-corrected chi connectivity index (χ3v) is 5.55. The maximum Gasteiger partial charge on any atom is 0.387 e. The number of carbonyl (C=O) groups is 1. The van der Waals surface area contributed by atoms with Crippen molar-refractivity contribution in [3.63, 3.8) is 0 Å². The predicted octanol–water partition coefficient (Wildman–Crippen LogP) is 4.72. The molecule has 0 radical (unpaired) electrons. The van der Waals surface area contributed by atoms with Gasteiger partial charge in [0, 0.05) is 12.2 Å². The predicted molar refractivity (Wildman–Crippen MR) is 103 cm³/mol. The van der Waals surface area contributed by atoms with Gasteiger partial charge in [0.25, 0.3) is 5.91 Å². The number of ether oxygens (including phenoxy) is 2. The molecule has 0 aliphatic carbocycles. The lowest BCUT2D eigenvalue weighted by Gasteiger charge is -2.23. The van der Waals surface area contributed by atoms with E-state index in [1.807, 2.05) is 24.3 Å². The fourth-order valence-electron chi connectivity index (χ4n) is 3.15. The van der Waals surface area contributed by atoms with Crippen LogP contribution in [0, 0.1) is 0 Å². The summed E-state index contributed by atoms with van der Waals surface area (Å²) in [6.07, 6.45) is 1.81. The number of thiazole rings is 1. The highest BCUT2D eigenvalue weighted by Gasteiger charge is 2.27. The molecule has 0 N–H and O–H groups in total. The van der Waals surface area contributed by atoms with Crippen molar-refractivity contribution < 1.29 is 23.0 Å². The molecule has 1 aliphatic rings. The smallest absolute Gasteiger partial charge is 0.387 e. The zero-order chi connectivity index (χ0) is 19.5. The fraction of sp³-hybridized carbons (Fsp3) is 0.300. The van der Waals surface area contributed by atoms with E-state index in [-0.39, 0.29) is 17.8 Å². The molecule has 0 unspecified atom stereocenters. The molecule has 5 nitrogen and oxygen atoms in total. The maximum atomic E-state index is 13.2. The highest BCUT2D eigenvalue weighted by molar-refractivity contribution is 7.22. The molecule has 2 aromatic carbocycles. The van der Waals surface area contributed by atoms with E-state index < -0.39 is 6.61 Å². The first kappa shape index (κ1) is 18.8. The van der Waals surface area contributed by atoms with Crippen molar-refractivity contribution >= 4 is 32.6 Å². The van der Waals surface area contributed by atoms with E-state index in [1.165, 1.54) is 35.6 Å². The molecule has 1 atom stereocenters. The van der Waals surface area contributed by atoms with Crippen molar-refractivity contribution in [2.75, 3.05) is 18.1 Å². The number of para-hydroxylation sites is 1. The monoisotopic (exact) mass is 404 g/mol. The minimum atomic E-state index is -2.90. The highest BCUT2D eigenvalue weighted by Crippen LogP contribution is 2.31. The molecule has 1 aromatic heterocycles. The number of fused-ring (bicyclic) bond motifs is 1. The van der Waals surface area contributed by atoms with Crippen LogP contribution in [0.5, 0.6) is 5.75 Å². The van der Waals surface area contributed by atoms with Gasteiger partial charge in [-0.2, -0.15) is 8.78 Å². The first-order valence-electron chi connectivity index (χ1n) is 8.94. The van der Waals surface area contributed by atoms with E-state index in [1.54, 1.807) is 4.90 Å². The number of anilines is 1. The van der Waals surface area contributed by atoms with E-state index in [4.69, 9.17) is 4.74 Å². The van der Waals surface area contributed by atoms with Gasteiger partial charge in [0.15, 0.2) is 5.13 Å². The Hall–Kier alpha value is -2.58. The Labute approximate surface area is 164 Å². The molecule has 0 saturated carbocycles. The molecule has 2 heterocycles. The number of amides is 1. The molecule has 8 heteroatoms. The molecular weight excluding hydrogens is 386 g/mol. The Kier molecular flexibility index (Phi) is 5.50. The van der Waals surface area contributed by atoms with Gasteiger partial charge in [0.1, 0.15) is 5.75 Å². The SMILES string of the molecule is O=C(c1ccc(OC(F)F)cc1)N(C[C@@H]1CCCO1)c1nc2ccccc2s1. The number of aromatic nitrogens is 1. The number of benzene rings is 2.